The molecular formula is C42H42F6N2O6. The van der Waals surface area contributed by atoms with E-state index in [0.717, 1.165) is 45.5 Å². The summed E-state index contributed by atoms with van der Waals surface area (Å²) in [6.07, 6.45) is -8.19. The van der Waals surface area contributed by atoms with Crippen LogP contribution >= 0.6 is 0 Å². The second-order valence-electron chi connectivity index (χ2n) is 15.2. The van der Waals surface area contributed by atoms with Gasteiger partial charge in [0.25, 0.3) is 0 Å². The van der Waals surface area contributed by atoms with Crippen molar-refractivity contribution in [2.75, 3.05) is 37.9 Å². The number of ether oxygens (including phenoxy) is 6. The molecule has 0 aromatic heterocycles. The van der Waals surface area contributed by atoms with Crippen LogP contribution in [0.3, 0.4) is 0 Å². The number of hydrogen-bond donors (Lipinski definition) is 2. The highest BCUT2D eigenvalue weighted by molar-refractivity contribution is 5.84. The summed E-state index contributed by atoms with van der Waals surface area (Å²) in [5, 5.41) is 0. The third-order valence-electron chi connectivity index (χ3n) is 11.0. The lowest BCUT2D eigenvalue weighted by Gasteiger charge is -2.30. The van der Waals surface area contributed by atoms with Crippen LogP contribution < -0.4 is 20.9 Å². The van der Waals surface area contributed by atoms with Crippen molar-refractivity contribution < 1.29 is 54.8 Å². The number of hydrogen-bond acceptors (Lipinski definition) is 8. The van der Waals surface area contributed by atoms with Gasteiger partial charge < -0.3 is 39.9 Å². The van der Waals surface area contributed by atoms with Gasteiger partial charge in [-0.2, -0.15) is 26.3 Å². The summed E-state index contributed by atoms with van der Waals surface area (Å²) in [5.74, 6) is -0.156. The van der Waals surface area contributed by atoms with Crippen molar-refractivity contribution in [2.24, 2.45) is 0 Å². The Kier molecular flexibility index (Phi) is 9.70. The standard InChI is InChI=1S/C42H42F6N2O6/c1-19-29(11-25-15-51-25)37(30(12-26-16-52-26)20(2)39(19)55-35-7-5-23(49)9-33(35)41(43,44)45)38-31(13-27-17-53-27)21(3)40(22(4)32(38)14-28-18-54-28)56-36-8-6-24(50)10-34(36)42(46,47)48/h5-10,25-28H,11-18,49-50H2,1-4H3. The second kappa shape index (κ2) is 14.2. The van der Waals surface area contributed by atoms with E-state index >= 15 is 0 Å². The molecule has 0 amide bonds. The zero-order valence-corrected chi connectivity index (χ0v) is 31.3. The first-order valence-corrected chi connectivity index (χ1v) is 18.5. The first-order valence-electron chi connectivity index (χ1n) is 18.5. The lowest BCUT2D eigenvalue weighted by atomic mass is 9.77. The van der Waals surface area contributed by atoms with Gasteiger partial charge in [0.1, 0.15) is 34.1 Å². The maximum absolute atomic E-state index is 14.3. The molecule has 14 heteroatoms. The van der Waals surface area contributed by atoms with Crippen LogP contribution in [0.1, 0.15) is 55.6 Å². The fourth-order valence-electron chi connectivity index (χ4n) is 7.75. The first kappa shape index (κ1) is 38.4. The van der Waals surface area contributed by atoms with Crippen LogP contribution in [0, 0.1) is 27.7 Å². The summed E-state index contributed by atoms with van der Waals surface area (Å²) in [6, 6.07) is 6.94. The molecule has 56 heavy (non-hydrogen) atoms. The molecule has 0 aliphatic carbocycles. The quantitative estimate of drug-likeness (QED) is 0.0783. The van der Waals surface area contributed by atoms with Crippen molar-refractivity contribution in [3.63, 3.8) is 0 Å². The number of epoxide rings is 4. The Morgan fingerprint density at radius 2 is 0.786 bits per heavy atom. The highest BCUT2D eigenvalue weighted by Gasteiger charge is 2.40. The van der Waals surface area contributed by atoms with E-state index in [1.54, 1.807) is 0 Å². The second-order valence-corrected chi connectivity index (χ2v) is 15.2. The molecule has 0 bridgehead atoms. The monoisotopic (exact) mass is 784 g/mol. The summed E-state index contributed by atoms with van der Waals surface area (Å²) in [6.45, 7) is 9.43. The molecule has 4 aliphatic heterocycles. The summed E-state index contributed by atoms with van der Waals surface area (Å²) < 4.78 is 122. The summed E-state index contributed by atoms with van der Waals surface area (Å²) >= 11 is 0. The molecule has 4 saturated heterocycles. The first-order chi connectivity index (χ1) is 26.5. The number of benzene rings is 4. The molecule has 4 aromatic carbocycles. The number of rotatable bonds is 13. The van der Waals surface area contributed by atoms with Gasteiger partial charge in [-0.05, 0) is 120 Å². The number of alkyl halides is 6. The van der Waals surface area contributed by atoms with Gasteiger partial charge in [0.05, 0.1) is 50.8 Å². The highest BCUT2D eigenvalue weighted by atomic mass is 19.4. The van der Waals surface area contributed by atoms with Gasteiger partial charge in [-0.15, -0.1) is 0 Å². The van der Waals surface area contributed by atoms with Crippen LogP contribution in [0.5, 0.6) is 23.0 Å². The molecule has 298 valence electrons. The van der Waals surface area contributed by atoms with Crippen LogP contribution in [0.4, 0.5) is 37.7 Å². The molecule has 4 heterocycles. The van der Waals surface area contributed by atoms with Gasteiger partial charge in [0, 0.05) is 37.1 Å². The summed E-state index contributed by atoms with van der Waals surface area (Å²) in [5.41, 5.74) is 17.2. The lowest BCUT2D eigenvalue weighted by molar-refractivity contribution is -0.139. The Morgan fingerprint density at radius 1 is 0.518 bits per heavy atom. The van der Waals surface area contributed by atoms with Gasteiger partial charge in [0.15, 0.2) is 0 Å². The van der Waals surface area contributed by atoms with Gasteiger partial charge in [-0.3, -0.25) is 0 Å². The number of halogens is 6. The minimum atomic E-state index is -4.73. The van der Waals surface area contributed by atoms with Gasteiger partial charge in [0.2, 0.25) is 0 Å². The van der Waals surface area contributed by atoms with Crippen molar-refractivity contribution in [2.45, 2.75) is 90.1 Å². The third kappa shape index (κ3) is 7.89. The van der Waals surface area contributed by atoms with Crippen LogP contribution in [0.2, 0.25) is 0 Å². The van der Waals surface area contributed by atoms with Crippen LogP contribution in [-0.2, 0) is 57.0 Å². The topological polar surface area (TPSA) is 121 Å². The molecule has 4 atom stereocenters. The lowest BCUT2D eigenvalue weighted by Crippen LogP contribution is -2.16. The molecule has 0 spiro atoms. The van der Waals surface area contributed by atoms with Gasteiger partial charge in [-0.25, -0.2) is 0 Å². The largest absolute Gasteiger partial charge is 0.456 e. The van der Waals surface area contributed by atoms with E-state index in [1.807, 2.05) is 27.7 Å². The fourth-order valence-corrected chi connectivity index (χ4v) is 7.75. The molecule has 0 saturated carbocycles. The van der Waals surface area contributed by atoms with Crippen LogP contribution in [0.25, 0.3) is 11.1 Å². The Labute approximate surface area is 320 Å². The van der Waals surface area contributed by atoms with E-state index in [4.69, 9.17) is 39.9 Å². The number of anilines is 2. The number of nitrogen functional groups attached to an aromatic ring is 2. The SMILES string of the molecule is Cc1c(CC2CO2)c(-c2c(CC3CO3)c(C)c(Oc3ccc(N)cc3C(F)(F)F)c(C)c2CC2CO2)c(CC2CO2)c(C)c1Oc1ccc(N)cc1C(F)(F)F. The van der Waals surface area contributed by atoms with Gasteiger partial charge in [-0.1, -0.05) is 0 Å². The van der Waals surface area contributed by atoms with Gasteiger partial charge >= 0.3 is 12.4 Å². The van der Waals surface area contributed by atoms with Crippen LogP contribution in [0.15, 0.2) is 36.4 Å². The molecule has 4 aromatic rings. The normalized spacial score (nSPS) is 21.2. The smallest absolute Gasteiger partial charge is 0.420 e. The summed E-state index contributed by atoms with van der Waals surface area (Å²) in [7, 11) is 0. The predicted molar refractivity (Wildman–Crippen MR) is 196 cm³/mol. The number of nitrogens with two attached hydrogens (primary N) is 2. The van der Waals surface area contributed by atoms with Crippen molar-refractivity contribution in [1.29, 1.82) is 0 Å². The molecule has 0 radical (unpaired) electrons. The van der Waals surface area contributed by atoms with E-state index in [2.05, 4.69) is 0 Å². The summed E-state index contributed by atoms with van der Waals surface area (Å²) in [4.78, 5) is 0. The Balaban J connectivity index is 1.39. The predicted octanol–water partition coefficient (Wildman–Crippen LogP) is 9.14. The Hall–Kier alpha value is -4.50. The Bertz CT molecular complexity index is 1970. The fraction of sp³-hybridized carbons (Fsp3) is 0.429. The van der Waals surface area contributed by atoms with Crippen molar-refractivity contribution in [3.05, 3.63) is 92.0 Å². The minimum absolute atomic E-state index is 0.0462. The Morgan fingerprint density at radius 3 is 1.02 bits per heavy atom. The maximum Gasteiger partial charge on any atom is 0.420 e. The minimum Gasteiger partial charge on any atom is -0.456 e. The molecular weight excluding hydrogens is 742 g/mol. The molecule has 8 nitrogen and oxygen atoms in total. The van der Waals surface area contributed by atoms with Crippen LogP contribution in [-0.4, -0.2) is 50.8 Å². The zero-order chi connectivity index (χ0) is 39.8. The van der Waals surface area contributed by atoms with E-state index in [-0.39, 0.29) is 47.3 Å². The molecule has 4 N–H and O–H groups in total. The molecule has 4 aliphatic rings. The average molecular weight is 785 g/mol. The molecule has 4 fully saturated rings. The van der Waals surface area contributed by atoms with Crippen molar-refractivity contribution >= 4 is 11.4 Å². The molecule has 8 rings (SSSR count). The maximum atomic E-state index is 14.3. The average Bonchev–Trinajstić information content (AvgIpc) is 3.93. The van der Waals surface area contributed by atoms with E-state index in [9.17, 15) is 26.3 Å². The zero-order valence-electron chi connectivity index (χ0n) is 31.3. The highest BCUT2D eigenvalue weighted by Crippen LogP contribution is 2.51. The van der Waals surface area contributed by atoms with Crippen molar-refractivity contribution in [1.82, 2.24) is 0 Å². The van der Waals surface area contributed by atoms with Crippen molar-refractivity contribution in [3.8, 4) is 34.1 Å². The van der Waals surface area contributed by atoms with E-state index < -0.39 is 23.5 Å². The van der Waals surface area contributed by atoms with E-state index in [1.165, 1.54) is 24.3 Å². The molecule has 4 unspecified atom stereocenters. The van der Waals surface area contributed by atoms with E-state index in [0.29, 0.717) is 85.9 Å². The third-order valence-corrected chi connectivity index (χ3v) is 11.0.